The first kappa shape index (κ1) is 6.80. The number of rotatable bonds is 0. The van der Waals surface area contributed by atoms with Gasteiger partial charge in [-0.25, -0.2) is 0 Å². The van der Waals surface area contributed by atoms with E-state index in [1.54, 1.807) is 0 Å². The molecule has 10 heavy (non-hydrogen) atoms. The van der Waals surface area contributed by atoms with Crippen molar-refractivity contribution in [2.45, 2.75) is 12.8 Å². The van der Waals surface area contributed by atoms with Gasteiger partial charge in [0.2, 0.25) is 11.6 Å². The molecule has 0 aliphatic heterocycles. The average Bonchev–Trinajstić information content (AvgIpc) is 1.93. The van der Waals surface area contributed by atoms with Crippen LogP contribution in [0.25, 0.3) is 0 Å². The van der Waals surface area contributed by atoms with Crippen molar-refractivity contribution in [3.05, 3.63) is 0 Å². The van der Waals surface area contributed by atoms with Gasteiger partial charge in [0, 0.05) is 12.8 Å². The van der Waals surface area contributed by atoms with E-state index in [1.807, 2.05) is 0 Å². The number of hydrogen-bond donors (Lipinski definition) is 0. The van der Waals surface area contributed by atoms with E-state index < -0.39 is 23.1 Å². The second-order valence-electron chi connectivity index (χ2n) is 2.00. The van der Waals surface area contributed by atoms with Crippen molar-refractivity contribution in [2.24, 2.45) is 0 Å². The van der Waals surface area contributed by atoms with E-state index in [2.05, 4.69) is 0 Å². The van der Waals surface area contributed by atoms with Crippen LogP contribution in [-0.2, 0) is 19.2 Å². The van der Waals surface area contributed by atoms with E-state index in [9.17, 15) is 19.2 Å². The molecule has 0 saturated heterocycles. The molecule has 0 unspecified atom stereocenters. The van der Waals surface area contributed by atoms with Gasteiger partial charge < -0.3 is 0 Å². The zero-order valence-corrected chi connectivity index (χ0v) is 5.05. The molecule has 0 amide bonds. The first-order chi connectivity index (χ1) is 4.63. The molecular formula is C6H4O4. The van der Waals surface area contributed by atoms with Crippen LogP contribution >= 0.6 is 0 Å². The summed E-state index contributed by atoms with van der Waals surface area (Å²) in [6.45, 7) is 0. The molecule has 0 radical (unpaired) electrons. The maximum atomic E-state index is 10.4. The normalized spacial score (nSPS) is 20.0. The summed E-state index contributed by atoms with van der Waals surface area (Å²) >= 11 is 0. The van der Waals surface area contributed by atoms with Gasteiger partial charge >= 0.3 is 0 Å². The molecule has 1 rings (SSSR count). The highest BCUT2D eigenvalue weighted by molar-refractivity contribution is 6.79. The van der Waals surface area contributed by atoms with Crippen LogP contribution in [0.5, 0.6) is 0 Å². The van der Waals surface area contributed by atoms with Gasteiger partial charge in [0.25, 0.3) is 11.6 Å². The number of carbonyl (C=O) groups is 4. The number of hydrogen-bond acceptors (Lipinski definition) is 4. The SMILES string of the molecule is O=C1CCC(=O)C(=O)C1=O. The van der Waals surface area contributed by atoms with Crippen molar-refractivity contribution in [1.82, 2.24) is 0 Å². The zero-order chi connectivity index (χ0) is 7.72. The van der Waals surface area contributed by atoms with E-state index in [0.29, 0.717) is 0 Å². The fourth-order valence-corrected chi connectivity index (χ4v) is 0.707. The van der Waals surface area contributed by atoms with Crippen LogP contribution in [0.1, 0.15) is 12.8 Å². The Balaban J connectivity index is 2.90. The minimum absolute atomic E-state index is 0.108. The van der Waals surface area contributed by atoms with Gasteiger partial charge in [0.15, 0.2) is 0 Å². The highest BCUT2D eigenvalue weighted by Crippen LogP contribution is 2.03. The highest BCUT2D eigenvalue weighted by atomic mass is 16.2. The Morgan fingerprint density at radius 2 is 1.00 bits per heavy atom. The maximum absolute atomic E-state index is 10.4. The molecule has 1 saturated carbocycles. The van der Waals surface area contributed by atoms with Gasteiger partial charge in [0.05, 0.1) is 0 Å². The monoisotopic (exact) mass is 140 g/mol. The predicted molar refractivity (Wildman–Crippen MR) is 29.3 cm³/mol. The Hall–Kier alpha value is -1.32. The molecule has 0 aromatic heterocycles. The Labute approximate surface area is 56.2 Å². The molecular weight excluding hydrogens is 136 g/mol. The van der Waals surface area contributed by atoms with E-state index in [1.165, 1.54) is 0 Å². The largest absolute Gasteiger partial charge is 0.290 e. The Morgan fingerprint density at radius 1 is 0.700 bits per heavy atom. The van der Waals surface area contributed by atoms with Gasteiger partial charge in [0.1, 0.15) is 0 Å². The third kappa shape index (κ3) is 0.877. The smallest absolute Gasteiger partial charge is 0.272 e. The fraction of sp³-hybridized carbons (Fsp3) is 0.333. The van der Waals surface area contributed by atoms with Crippen molar-refractivity contribution in [2.75, 3.05) is 0 Å². The van der Waals surface area contributed by atoms with E-state index in [-0.39, 0.29) is 12.8 Å². The van der Waals surface area contributed by atoms with Gasteiger partial charge in [-0.3, -0.25) is 19.2 Å². The molecule has 52 valence electrons. The zero-order valence-electron chi connectivity index (χ0n) is 5.05. The summed E-state index contributed by atoms with van der Waals surface area (Å²) in [7, 11) is 0. The molecule has 1 aliphatic rings. The first-order valence-electron chi connectivity index (χ1n) is 2.77. The lowest BCUT2D eigenvalue weighted by molar-refractivity contribution is -0.150. The first-order valence-corrected chi connectivity index (χ1v) is 2.77. The van der Waals surface area contributed by atoms with E-state index >= 15 is 0 Å². The second-order valence-corrected chi connectivity index (χ2v) is 2.00. The lowest BCUT2D eigenvalue weighted by Crippen LogP contribution is -2.35. The molecule has 0 bridgehead atoms. The van der Waals surface area contributed by atoms with Crippen LogP contribution in [0, 0.1) is 0 Å². The average molecular weight is 140 g/mol. The molecule has 1 fully saturated rings. The van der Waals surface area contributed by atoms with Crippen molar-refractivity contribution in [1.29, 1.82) is 0 Å². The Morgan fingerprint density at radius 3 is 1.30 bits per heavy atom. The molecule has 0 atom stereocenters. The topological polar surface area (TPSA) is 68.3 Å². The molecule has 4 nitrogen and oxygen atoms in total. The van der Waals surface area contributed by atoms with Crippen LogP contribution in [0.4, 0.5) is 0 Å². The minimum atomic E-state index is -1.16. The van der Waals surface area contributed by atoms with Crippen molar-refractivity contribution in [3.8, 4) is 0 Å². The fourth-order valence-electron chi connectivity index (χ4n) is 0.707. The van der Waals surface area contributed by atoms with Crippen LogP contribution in [-0.4, -0.2) is 23.1 Å². The summed E-state index contributed by atoms with van der Waals surface area (Å²) in [4.78, 5) is 41.7. The van der Waals surface area contributed by atoms with Crippen molar-refractivity contribution >= 4 is 23.1 Å². The van der Waals surface area contributed by atoms with Crippen LogP contribution in [0.15, 0.2) is 0 Å². The van der Waals surface area contributed by atoms with Crippen LogP contribution in [0.3, 0.4) is 0 Å². The third-order valence-corrected chi connectivity index (χ3v) is 1.29. The summed E-state index contributed by atoms with van der Waals surface area (Å²) in [5.41, 5.74) is 0. The standard InChI is InChI=1S/C6H4O4/c7-3-1-2-4(8)6(10)5(3)9/h1-2H2. The molecule has 0 aromatic rings. The molecule has 0 N–H and O–H groups in total. The van der Waals surface area contributed by atoms with Crippen molar-refractivity contribution < 1.29 is 19.2 Å². The molecule has 0 spiro atoms. The third-order valence-electron chi connectivity index (χ3n) is 1.29. The van der Waals surface area contributed by atoms with Crippen molar-refractivity contribution in [3.63, 3.8) is 0 Å². The maximum Gasteiger partial charge on any atom is 0.272 e. The predicted octanol–water partition coefficient (Wildman–Crippen LogP) is -0.943. The molecule has 1 aliphatic carbocycles. The summed E-state index contributed by atoms with van der Waals surface area (Å²) in [6, 6.07) is 0. The summed E-state index contributed by atoms with van der Waals surface area (Å²) < 4.78 is 0. The van der Waals surface area contributed by atoms with Gasteiger partial charge in [-0.1, -0.05) is 0 Å². The molecule has 0 heterocycles. The Kier molecular flexibility index (Phi) is 1.45. The van der Waals surface area contributed by atoms with Gasteiger partial charge in [-0.2, -0.15) is 0 Å². The summed E-state index contributed by atoms with van der Waals surface area (Å²) in [6.07, 6.45) is -0.215. The number of carbonyl (C=O) groups excluding carboxylic acids is 4. The lowest BCUT2D eigenvalue weighted by atomic mass is 9.96. The molecule has 4 heteroatoms. The number of ketones is 4. The highest BCUT2D eigenvalue weighted by Gasteiger charge is 2.33. The summed E-state index contributed by atoms with van der Waals surface area (Å²) in [5.74, 6) is -3.80. The van der Waals surface area contributed by atoms with E-state index in [0.717, 1.165) is 0 Å². The Bertz CT molecular complexity index is 212. The van der Waals surface area contributed by atoms with Crippen LogP contribution < -0.4 is 0 Å². The second kappa shape index (κ2) is 2.13. The van der Waals surface area contributed by atoms with E-state index in [4.69, 9.17) is 0 Å². The van der Waals surface area contributed by atoms with Gasteiger partial charge in [-0.15, -0.1) is 0 Å². The minimum Gasteiger partial charge on any atom is -0.290 e. The quantitative estimate of drug-likeness (QED) is 0.407. The van der Waals surface area contributed by atoms with Gasteiger partial charge in [-0.05, 0) is 0 Å². The number of Topliss-reactive ketones (excluding diaryl/α,β-unsaturated/α-hetero) is 4. The summed E-state index contributed by atoms with van der Waals surface area (Å²) in [5, 5.41) is 0. The lowest BCUT2D eigenvalue weighted by Gasteiger charge is -2.02. The van der Waals surface area contributed by atoms with Crippen LogP contribution in [0.2, 0.25) is 0 Å². The molecule has 0 aromatic carbocycles.